The van der Waals surface area contributed by atoms with Gasteiger partial charge in [0.2, 0.25) is 0 Å². The lowest BCUT2D eigenvalue weighted by atomic mass is 9.94. The molecular formula is C5H8BO4P. The highest BCUT2D eigenvalue weighted by Crippen LogP contribution is 2.15. The van der Waals surface area contributed by atoms with Crippen LogP contribution in [0.25, 0.3) is 0 Å². The number of hydrogen-bond donors (Lipinski definition) is 1. The highest BCUT2D eigenvalue weighted by molar-refractivity contribution is 7.23. The molecule has 0 aliphatic carbocycles. The molecule has 0 unspecified atom stereocenters. The van der Waals surface area contributed by atoms with Gasteiger partial charge < -0.3 is 14.6 Å². The Bertz CT molecular complexity index is 144. The van der Waals surface area contributed by atoms with Crippen LogP contribution in [0.3, 0.4) is 0 Å². The molecule has 11 heavy (non-hydrogen) atoms. The fraction of sp³-hybridized carbons (Fsp3) is 1.00. The number of rotatable bonds is 3. The maximum atomic E-state index is 9.97. The molecule has 60 valence electrons. The molecule has 1 heterocycles. The highest BCUT2D eigenvalue weighted by Gasteiger charge is 2.32. The first-order valence-corrected chi connectivity index (χ1v) is 4.21. The van der Waals surface area contributed by atoms with Gasteiger partial charge in [-0.25, -0.2) is 0 Å². The Labute approximate surface area is 67.5 Å². The van der Waals surface area contributed by atoms with Crippen molar-refractivity contribution in [3.63, 3.8) is 0 Å². The Morgan fingerprint density at radius 1 is 1.82 bits per heavy atom. The molecule has 1 N–H and O–H groups in total. The van der Waals surface area contributed by atoms with Crippen molar-refractivity contribution in [1.82, 2.24) is 0 Å². The van der Waals surface area contributed by atoms with Crippen molar-refractivity contribution in [1.29, 1.82) is 0 Å². The van der Waals surface area contributed by atoms with Crippen LogP contribution in [0.15, 0.2) is 0 Å². The molecule has 3 atom stereocenters. The molecule has 0 aromatic carbocycles. The SMILES string of the molecule is [B][C@H]1OC[C@H](OCP=O)[C@@H]1O. The van der Waals surface area contributed by atoms with Crippen LogP contribution in [-0.4, -0.2) is 44.1 Å². The van der Waals surface area contributed by atoms with E-state index in [1.165, 1.54) is 0 Å². The summed E-state index contributed by atoms with van der Waals surface area (Å²) >= 11 is 0. The molecule has 4 nitrogen and oxygen atoms in total. The summed E-state index contributed by atoms with van der Waals surface area (Å²) in [7, 11) is 5.21. The van der Waals surface area contributed by atoms with Crippen molar-refractivity contribution in [3.05, 3.63) is 0 Å². The predicted octanol–water partition coefficient (Wildman–Crippen LogP) is -0.494. The van der Waals surface area contributed by atoms with Gasteiger partial charge >= 0.3 is 0 Å². The maximum absolute atomic E-state index is 9.97. The third-order valence-electron chi connectivity index (χ3n) is 1.51. The molecule has 1 aliphatic heterocycles. The van der Waals surface area contributed by atoms with Crippen LogP contribution in [0.4, 0.5) is 0 Å². The van der Waals surface area contributed by atoms with E-state index in [-0.39, 0.29) is 21.4 Å². The van der Waals surface area contributed by atoms with Crippen molar-refractivity contribution in [2.45, 2.75) is 18.2 Å². The Hall–Kier alpha value is 0.0449. The summed E-state index contributed by atoms with van der Waals surface area (Å²) in [4.78, 5) is 0. The van der Waals surface area contributed by atoms with Gasteiger partial charge in [-0.15, -0.1) is 0 Å². The summed E-state index contributed by atoms with van der Waals surface area (Å²) in [6, 6.07) is -0.677. The van der Waals surface area contributed by atoms with E-state index >= 15 is 0 Å². The van der Waals surface area contributed by atoms with Gasteiger partial charge in [-0.05, 0) is 0 Å². The molecule has 0 spiro atoms. The second-order valence-corrected chi connectivity index (χ2v) is 2.77. The predicted molar refractivity (Wildman–Crippen MR) is 38.8 cm³/mol. The van der Waals surface area contributed by atoms with Gasteiger partial charge in [0.25, 0.3) is 0 Å². The van der Waals surface area contributed by atoms with Gasteiger partial charge in [0, 0.05) is 6.00 Å². The van der Waals surface area contributed by atoms with Crippen LogP contribution in [0.1, 0.15) is 0 Å². The molecule has 1 saturated heterocycles. The van der Waals surface area contributed by atoms with E-state index in [4.69, 9.17) is 17.3 Å². The highest BCUT2D eigenvalue weighted by atomic mass is 31.1. The zero-order valence-corrected chi connectivity index (χ0v) is 6.74. The summed E-state index contributed by atoms with van der Waals surface area (Å²) in [5.74, 6) is 0. The second-order valence-electron chi connectivity index (χ2n) is 2.25. The smallest absolute Gasteiger partial charge is 0.183 e. The molecular weight excluding hydrogens is 166 g/mol. The maximum Gasteiger partial charge on any atom is 0.183 e. The zero-order chi connectivity index (χ0) is 8.27. The van der Waals surface area contributed by atoms with Crippen LogP contribution in [-0.2, 0) is 14.0 Å². The average Bonchev–Trinajstić information content (AvgIpc) is 2.31. The van der Waals surface area contributed by atoms with Gasteiger partial charge in [0.15, 0.2) is 8.46 Å². The number of aliphatic hydroxyl groups is 1. The minimum atomic E-state index is -0.809. The largest absolute Gasteiger partial charge is 0.388 e. The molecule has 1 rings (SSSR count). The minimum Gasteiger partial charge on any atom is -0.388 e. The van der Waals surface area contributed by atoms with E-state index in [2.05, 4.69) is 0 Å². The van der Waals surface area contributed by atoms with E-state index < -0.39 is 18.2 Å². The van der Waals surface area contributed by atoms with Crippen molar-refractivity contribution in [2.24, 2.45) is 0 Å². The Morgan fingerprint density at radius 2 is 2.55 bits per heavy atom. The summed E-state index contributed by atoms with van der Waals surface area (Å²) in [6.07, 6.45) is -1.18. The van der Waals surface area contributed by atoms with Crippen molar-refractivity contribution < 1.29 is 19.1 Å². The van der Waals surface area contributed by atoms with Crippen LogP contribution in [0.5, 0.6) is 0 Å². The number of ether oxygens (including phenoxy) is 2. The molecule has 1 fully saturated rings. The summed E-state index contributed by atoms with van der Waals surface area (Å²) < 4.78 is 19.8. The van der Waals surface area contributed by atoms with Gasteiger partial charge in [0.1, 0.15) is 20.3 Å². The fourth-order valence-corrected chi connectivity index (χ4v) is 1.14. The third kappa shape index (κ3) is 2.24. The van der Waals surface area contributed by atoms with Crippen LogP contribution < -0.4 is 0 Å². The van der Waals surface area contributed by atoms with Gasteiger partial charge in [-0.3, -0.25) is 4.57 Å². The first kappa shape index (κ1) is 9.14. The summed E-state index contributed by atoms with van der Waals surface area (Å²) in [5.41, 5.74) is 0. The Morgan fingerprint density at radius 3 is 3.00 bits per heavy atom. The molecule has 0 bridgehead atoms. The van der Waals surface area contributed by atoms with Crippen molar-refractivity contribution >= 4 is 16.3 Å². The number of hydrogen-bond acceptors (Lipinski definition) is 4. The standard InChI is InChI=1S/C5H8BO4P/c6-5-4(7)3(1-9-5)10-2-11-8/h3-5,7H,1-2H2/t3-,4-,5-/m0/s1. The van der Waals surface area contributed by atoms with Crippen LogP contribution in [0, 0.1) is 0 Å². The lowest BCUT2D eigenvalue weighted by molar-refractivity contribution is 0.00937. The normalized spacial score (nSPS) is 38.1. The third-order valence-corrected chi connectivity index (χ3v) is 1.77. The van der Waals surface area contributed by atoms with E-state index in [0.29, 0.717) is 0 Å². The average molecular weight is 174 g/mol. The lowest BCUT2D eigenvalue weighted by Crippen LogP contribution is -2.32. The zero-order valence-electron chi connectivity index (χ0n) is 5.84. The lowest BCUT2D eigenvalue weighted by Gasteiger charge is -2.13. The van der Waals surface area contributed by atoms with E-state index in [0.717, 1.165) is 0 Å². The van der Waals surface area contributed by atoms with Crippen LogP contribution >= 0.6 is 8.46 Å². The molecule has 0 saturated carbocycles. The van der Waals surface area contributed by atoms with Crippen molar-refractivity contribution in [3.8, 4) is 0 Å². The molecule has 1 aliphatic rings. The molecule has 0 aromatic rings. The minimum absolute atomic E-state index is 0.0673. The monoisotopic (exact) mass is 174 g/mol. The second kappa shape index (κ2) is 4.17. The first-order chi connectivity index (χ1) is 5.25. The van der Waals surface area contributed by atoms with E-state index in [1.807, 2.05) is 0 Å². The van der Waals surface area contributed by atoms with E-state index in [9.17, 15) is 9.67 Å². The molecule has 0 amide bonds. The fourth-order valence-electron chi connectivity index (χ4n) is 0.888. The topological polar surface area (TPSA) is 55.8 Å². The molecule has 0 aromatic heterocycles. The number of aliphatic hydroxyl groups excluding tert-OH is 1. The van der Waals surface area contributed by atoms with Gasteiger partial charge in [-0.1, -0.05) is 0 Å². The Kier molecular flexibility index (Phi) is 3.46. The molecule has 2 radical (unpaired) electrons. The summed E-state index contributed by atoms with van der Waals surface area (Å²) in [6.45, 7) is 0.262. The Balaban J connectivity index is 2.29. The van der Waals surface area contributed by atoms with Gasteiger partial charge in [0.05, 0.1) is 12.7 Å². The van der Waals surface area contributed by atoms with E-state index in [1.54, 1.807) is 0 Å². The summed E-state index contributed by atoms with van der Waals surface area (Å²) in [5, 5.41) is 9.20. The molecule has 6 heteroatoms. The first-order valence-electron chi connectivity index (χ1n) is 3.21. The van der Waals surface area contributed by atoms with Crippen LogP contribution in [0.2, 0.25) is 0 Å². The quantitative estimate of drug-likeness (QED) is 0.463. The van der Waals surface area contributed by atoms with Gasteiger partial charge in [-0.2, -0.15) is 0 Å². The van der Waals surface area contributed by atoms with Crippen molar-refractivity contribution in [2.75, 3.05) is 13.0 Å².